The fourth-order valence-electron chi connectivity index (χ4n) is 4.62. The third-order valence-electron chi connectivity index (χ3n) is 6.32. The second kappa shape index (κ2) is 9.94. The highest BCUT2D eigenvalue weighted by atomic mass is 32.2. The van der Waals surface area contributed by atoms with Crippen molar-refractivity contribution < 1.29 is 9.72 Å². The number of carbonyl (C=O) groups excluding carboxylic acids is 1. The van der Waals surface area contributed by atoms with Gasteiger partial charge in [-0.2, -0.15) is 0 Å². The maximum Gasteiger partial charge on any atom is 0.269 e. The second-order valence-corrected chi connectivity index (χ2v) is 9.50. The van der Waals surface area contributed by atoms with E-state index in [4.69, 9.17) is 0 Å². The molecule has 1 amide bonds. The summed E-state index contributed by atoms with van der Waals surface area (Å²) in [6.07, 6.45) is 4.30. The molecule has 10 heteroatoms. The normalized spacial score (nSPS) is 15.9. The minimum absolute atomic E-state index is 0.0437. The first-order chi connectivity index (χ1) is 16.6. The number of para-hydroxylation sites is 1. The third-order valence-corrected chi connectivity index (χ3v) is 7.24. The van der Waals surface area contributed by atoms with E-state index in [2.05, 4.69) is 15.1 Å². The number of nitrogens with zero attached hydrogens (tertiary/aromatic N) is 6. The molecular weight excluding hydrogens is 452 g/mol. The zero-order valence-electron chi connectivity index (χ0n) is 18.8. The van der Waals surface area contributed by atoms with Crippen LogP contribution in [0.5, 0.6) is 0 Å². The van der Waals surface area contributed by atoms with Crippen LogP contribution in [0.2, 0.25) is 0 Å². The summed E-state index contributed by atoms with van der Waals surface area (Å²) in [6, 6.07) is 14.7. The third kappa shape index (κ3) is 4.69. The van der Waals surface area contributed by atoms with Crippen LogP contribution >= 0.6 is 11.8 Å². The molecule has 2 aliphatic heterocycles. The van der Waals surface area contributed by atoms with Crippen molar-refractivity contribution in [2.45, 2.75) is 37.4 Å². The summed E-state index contributed by atoms with van der Waals surface area (Å²) in [7, 11) is 0. The highest BCUT2D eigenvalue weighted by Crippen LogP contribution is 2.32. The Hall–Kier alpha value is -3.24. The van der Waals surface area contributed by atoms with Gasteiger partial charge in [-0.05, 0) is 56.1 Å². The molecule has 0 N–H and O–H groups in total. The lowest BCUT2D eigenvalue weighted by Crippen LogP contribution is -2.31. The molecule has 3 heterocycles. The monoisotopic (exact) mass is 478 g/mol. The van der Waals surface area contributed by atoms with Crippen LogP contribution in [-0.2, 0) is 17.8 Å². The number of hydrogen-bond acceptors (Lipinski definition) is 7. The standard InChI is InChI=1S/C24H26N6O3S/c31-23(28-14-11-18-15-20(30(32)33)9-10-21(18)28)17-34-24-26-25-22(16-27-12-5-2-6-13-27)29(24)19-7-3-1-4-8-19/h1,3-4,7-10,15H,2,5-6,11-14,16-17H2. The predicted molar refractivity (Wildman–Crippen MR) is 130 cm³/mol. The van der Waals surface area contributed by atoms with Crippen molar-refractivity contribution in [1.29, 1.82) is 0 Å². The summed E-state index contributed by atoms with van der Waals surface area (Å²) < 4.78 is 2.05. The highest BCUT2D eigenvalue weighted by Gasteiger charge is 2.27. The molecule has 176 valence electrons. The number of aromatic nitrogens is 3. The first-order valence-corrected chi connectivity index (χ1v) is 12.5. The van der Waals surface area contributed by atoms with E-state index >= 15 is 0 Å². The van der Waals surface area contributed by atoms with Crippen molar-refractivity contribution in [3.8, 4) is 5.69 Å². The fourth-order valence-corrected chi connectivity index (χ4v) is 5.46. The number of hydrogen-bond donors (Lipinski definition) is 0. The molecule has 1 fully saturated rings. The fraction of sp³-hybridized carbons (Fsp3) is 0.375. The van der Waals surface area contributed by atoms with E-state index < -0.39 is 4.92 Å². The van der Waals surface area contributed by atoms with Gasteiger partial charge in [0.1, 0.15) is 0 Å². The van der Waals surface area contributed by atoms with Crippen LogP contribution in [0.15, 0.2) is 53.7 Å². The molecule has 1 saturated heterocycles. The van der Waals surface area contributed by atoms with E-state index in [-0.39, 0.29) is 17.3 Å². The van der Waals surface area contributed by atoms with Gasteiger partial charge in [0.15, 0.2) is 11.0 Å². The van der Waals surface area contributed by atoms with Gasteiger partial charge in [-0.15, -0.1) is 10.2 Å². The number of nitro groups is 1. The SMILES string of the molecule is O=C(CSc1nnc(CN2CCCCC2)n1-c1ccccc1)N1CCc2cc([N+](=O)[O-])ccc21. The van der Waals surface area contributed by atoms with Crippen LogP contribution in [0.25, 0.3) is 5.69 Å². The number of rotatable bonds is 7. The quantitative estimate of drug-likeness (QED) is 0.289. The average Bonchev–Trinajstić information content (AvgIpc) is 3.47. The maximum atomic E-state index is 13.1. The molecule has 2 aliphatic rings. The molecular formula is C24H26N6O3S. The van der Waals surface area contributed by atoms with Gasteiger partial charge in [0, 0.05) is 30.1 Å². The van der Waals surface area contributed by atoms with Crippen molar-refractivity contribution in [3.63, 3.8) is 0 Å². The largest absolute Gasteiger partial charge is 0.311 e. The van der Waals surface area contributed by atoms with Gasteiger partial charge in [-0.25, -0.2) is 0 Å². The molecule has 0 aliphatic carbocycles. The summed E-state index contributed by atoms with van der Waals surface area (Å²) in [5, 5.41) is 20.7. The summed E-state index contributed by atoms with van der Waals surface area (Å²) in [5.74, 6) is 1.05. The Morgan fingerprint density at radius 2 is 1.82 bits per heavy atom. The Balaban J connectivity index is 1.33. The van der Waals surface area contributed by atoms with Gasteiger partial charge < -0.3 is 4.90 Å². The smallest absolute Gasteiger partial charge is 0.269 e. The van der Waals surface area contributed by atoms with E-state index in [1.54, 1.807) is 17.0 Å². The molecule has 0 unspecified atom stereocenters. The van der Waals surface area contributed by atoms with Gasteiger partial charge in [0.25, 0.3) is 5.69 Å². The number of nitro benzene ring substituents is 1. The first-order valence-electron chi connectivity index (χ1n) is 11.5. The lowest BCUT2D eigenvalue weighted by molar-refractivity contribution is -0.384. The van der Waals surface area contributed by atoms with E-state index in [0.29, 0.717) is 18.1 Å². The molecule has 0 saturated carbocycles. The number of amides is 1. The molecule has 2 aromatic carbocycles. The van der Waals surface area contributed by atoms with Gasteiger partial charge in [-0.1, -0.05) is 36.4 Å². The molecule has 0 atom stereocenters. The van der Waals surface area contributed by atoms with Crippen LogP contribution in [0.3, 0.4) is 0 Å². The van der Waals surface area contributed by atoms with Gasteiger partial charge in [0.2, 0.25) is 5.91 Å². The van der Waals surface area contributed by atoms with E-state index in [9.17, 15) is 14.9 Å². The molecule has 0 bridgehead atoms. The van der Waals surface area contributed by atoms with Crippen LogP contribution in [0.4, 0.5) is 11.4 Å². The van der Waals surface area contributed by atoms with Crippen molar-refractivity contribution in [3.05, 3.63) is 70.0 Å². The molecule has 3 aromatic rings. The number of fused-ring (bicyclic) bond motifs is 1. The summed E-state index contributed by atoms with van der Waals surface area (Å²) in [6.45, 7) is 3.39. The van der Waals surface area contributed by atoms with E-state index in [1.807, 2.05) is 34.9 Å². The zero-order chi connectivity index (χ0) is 23.5. The Morgan fingerprint density at radius 3 is 2.59 bits per heavy atom. The van der Waals surface area contributed by atoms with Crippen molar-refractivity contribution in [2.75, 3.05) is 30.3 Å². The number of piperidine rings is 1. The van der Waals surface area contributed by atoms with Crippen LogP contribution in [-0.4, -0.2) is 55.9 Å². The number of thioether (sulfide) groups is 1. The highest BCUT2D eigenvalue weighted by molar-refractivity contribution is 7.99. The van der Waals surface area contributed by atoms with Crippen LogP contribution in [0.1, 0.15) is 30.7 Å². The Kier molecular flexibility index (Phi) is 6.59. The minimum Gasteiger partial charge on any atom is -0.311 e. The molecule has 0 spiro atoms. The number of carbonyl (C=O) groups is 1. The Morgan fingerprint density at radius 1 is 1.03 bits per heavy atom. The minimum atomic E-state index is -0.404. The molecule has 0 radical (unpaired) electrons. The van der Waals surface area contributed by atoms with Crippen LogP contribution < -0.4 is 4.90 Å². The van der Waals surface area contributed by atoms with Gasteiger partial charge in [0.05, 0.1) is 17.2 Å². The zero-order valence-corrected chi connectivity index (χ0v) is 19.6. The summed E-state index contributed by atoms with van der Waals surface area (Å²) in [5.41, 5.74) is 2.63. The molecule has 9 nitrogen and oxygen atoms in total. The molecule has 34 heavy (non-hydrogen) atoms. The topological polar surface area (TPSA) is 97.4 Å². The molecule has 5 rings (SSSR count). The van der Waals surface area contributed by atoms with Crippen molar-refractivity contribution >= 4 is 29.0 Å². The van der Waals surface area contributed by atoms with E-state index in [0.717, 1.165) is 42.4 Å². The lowest BCUT2D eigenvalue weighted by atomic mass is 10.1. The lowest BCUT2D eigenvalue weighted by Gasteiger charge is -2.26. The van der Waals surface area contributed by atoms with Crippen molar-refractivity contribution in [2.24, 2.45) is 0 Å². The number of likely N-dealkylation sites (tertiary alicyclic amines) is 1. The second-order valence-electron chi connectivity index (χ2n) is 8.56. The number of benzene rings is 2. The van der Waals surface area contributed by atoms with Crippen molar-refractivity contribution in [1.82, 2.24) is 19.7 Å². The Labute approximate surface area is 201 Å². The summed E-state index contributed by atoms with van der Waals surface area (Å²) >= 11 is 1.37. The maximum absolute atomic E-state index is 13.1. The number of non-ortho nitro benzene ring substituents is 1. The summed E-state index contributed by atoms with van der Waals surface area (Å²) in [4.78, 5) is 27.9. The predicted octanol–water partition coefficient (Wildman–Crippen LogP) is 3.84. The average molecular weight is 479 g/mol. The van der Waals surface area contributed by atoms with Crippen LogP contribution in [0, 0.1) is 10.1 Å². The van der Waals surface area contributed by atoms with Gasteiger partial charge >= 0.3 is 0 Å². The Bertz CT molecular complexity index is 1190. The van der Waals surface area contributed by atoms with Gasteiger partial charge in [-0.3, -0.25) is 24.4 Å². The number of anilines is 1. The first kappa shape index (κ1) is 22.5. The van der Waals surface area contributed by atoms with E-state index in [1.165, 1.54) is 37.1 Å². The molecule has 1 aromatic heterocycles.